The molecule has 23 heavy (non-hydrogen) atoms. The maximum absolute atomic E-state index is 12.0. The fourth-order valence-corrected chi connectivity index (χ4v) is 2.35. The second kappa shape index (κ2) is 7.43. The monoisotopic (exact) mass is 322 g/mol. The van der Waals surface area contributed by atoms with Crippen LogP contribution in [0.15, 0.2) is 18.2 Å². The second-order valence-electron chi connectivity index (χ2n) is 5.68. The lowest BCUT2D eigenvalue weighted by Gasteiger charge is -2.31. The predicted molar refractivity (Wildman–Crippen MR) is 84.4 cm³/mol. The van der Waals surface area contributed by atoms with Gasteiger partial charge in [0.2, 0.25) is 0 Å². The molecular weight excluding hydrogens is 300 g/mol. The van der Waals surface area contributed by atoms with E-state index in [0.717, 1.165) is 5.56 Å². The van der Waals surface area contributed by atoms with Gasteiger partial charge in [0.25, 0.3) is 0 Å². The van der Waals surface area contributed by atoms with E-state index >= 15 is 0 Å². The minimum absolute atomic E-state index is 0.0214. The Morgan fingerprint density at radius 2 is 2.00 bits per heavy atom. The van der Waals surface area contributed by atoms with Crippen LogP contribution in [0.2, 0.25) is 0 Å². The van der Waals surface area contributed by atoms with Gasteiger partial charge in [-0.15, -0.1) is 0 Å². The van der Waals surface area contributed by atoms with Crippen LogP contribution in [0, 0.1) is 6.92 Å². The van der Waals surface area contributed by atoms with Crippen molar-refractivity contribution in [2.75, 3.05) is 32.2 Å². The topological polar surface area (TPSA) is 96.9 Å². The summed E-state index contributed by atoms with van der Waals surface area (Å²) in [6.07, 6.45) is 0.862. The molecule has 0 aliphatic carbocycles. The van der Waals surface area contributed by atoms with Crippen molar-refractivity contribution >= 4 is 17.5 Å². The van der Waals surface area contributed by atoms with Crippen molar-refractivity contribution in [2.45, 2.75) is 25.4 Å². The van der Waals surface area contributed by atoms with Gasteiger partial charge in [-0.05, 0) is 24.6 Å². The Morgan fingerprint density at radius 3 is 2.65 bits per heavy atom. The SMILES string of the molecule is COc1ccc(C)cc1NC(=O)C(=O)NCC1(O)CCOCC1. The van der Waals surface area contributed by atoms with Crippen LogP contribution in [0.25, 0.3) is 0 Å². The van der Waals surface area contributed by atoms with E-state index in [4.69, 9.17) is 9.47 Å². The minimum Gasteiger partial charge on any atom is -0.495 e. The molecule has 1 aromatic carbocycles. The van der Waals surface area contributed by atoms with Gasteiger partial charge in [0.15, 0.2) is 0 Å². The third-order valence-corrected chi connectivity index (χ3v) is 3.81. The summed E-state index contributed by atoms with van der Waals surface area (Å²) in [5.74, 6) is -1.13. The number of hydrogen-bond donors (Lipinski definition) is 3. The lowest BCUT2D eigenvalue weighted by Crippen LogP contribution is -2.48. The van der Waals surface area contributed by atoms with E-state index in [2.05, 4.69) is 10.6 Å². The van der Waals surface area contributed by atoms with Crippen LogP contribution in [-0.2, 0) is 14.3 Å². The summed E-state index contributed by atoms with van der Waals surface area (Å²) in [6.45, 7) is 2.78. The molecule has 0 radical (unpaired) electrons. The first-order valence-corrected chi connectivity index (χ1v) is 7.47. The van der Waals surface area contributed by atoms with Crippen LogP contribution < -0.4 is 15.4 Å². The first-order chi connectivity index (χ1) is 10.9. The number of rotatable bonds is 4. The van der Waals surface area contributed by atoms with Crippen molar-refractivity contribution < 1.29 is 24.2 Å². The first kappa shape index (κ1) is 17.2. The highest BCUT2D eigenvalue weighted by atomic mass is 16.5. The van der Waals surface area contributed by atoms with Gasteiger partial charge in [-0.1, -0.05) is 6.07 Å². The molecule has 0 spiro atoms. The molecule has 0 atom stereocenters. The quantitative estimate of drug-likeness (QED) is 0.705. The Labute approximate surface area is 135 Å². The van der Waals surface area contributed by atoms with Crippen molar-refractivity contribution in [1.82, 2.24) is 5.32 Å². The Hall–Kier alpha value is -2.12. The number of amides is 2. The number of aryl methyl sites for hydroxylation is 1. The van der Waals surface area contributed by atoms with Gasteiger partial charge in [-0.3, -0.25) is 9.59 Å². The van der Waals surface area contributed by atoms with E-state index in [-0.39, 0.29) is 6.54 Å². The van der Waals surface area contributed by atoms with E-state index in [1.165, 1.54) is 7.11 Å². The summed E-state index contributed by atoms with van der Waals surface area (Å²) >= 11 is 0. The Balaban J connectivity index is 1.92. The number of ether oxygens (including phenoxy) is 2. The van der Waals surface area contributed by atoms with Crippen molar-refractivity contribution in [2.24, 2.45) is 0 Å². The van der Waals surface area contributed by atoms with E-state index < -0.39 is 17.4 Å². The molecule has 7 nitrogen and oxygen atoms in total. The van der Waals surface area contributed by atoms with Crippen LogP contribution in [0.4, 0.5) is 5.69 Å². The molecule has 1 aliphatic rings. The average molecular weight is 322 g/mol. The van der Waals surface area contributed by atoms with Gasteiger partial charge in [-0.2, -0.15) is 0 Å². The van der Waals surface area contributed by atoms with E-state index in [0.29, 0.717) is 37.5 Å². The normalized spacial score (nSPS) is 16.5. The molecule has 0 saturated carbocycles. The van der Waals surface area contributed by atoms with Crippen LogP contribution in [0.3, 0.4) is 0 Å². The molecule has 1 saturated heterocycles. The number of methoxy groups -OCH3 is 1. The zero-order valence-corrected chi connectivity index (χ0v) is 13.3. The number of hydrogen-bond acceptors (Lipinski definition) is 5. The number of aliphatic hydroxyl groups is 1. The lowest BCUT2D eigenvalue weighted by molar-refractivity contribution is -0.137. The minimum atomic E-state index is -1.02. The summed E-state index contributed by atoms with van der Waals surface area (Å²) < 4.78 is 10.3. The van der Waals surface area contributed by atoms with Crippen LogP contribution in [0.5, 0.6) is 5.75 Å². The molecular formula is C16H22N2O5. The molecule has 3 N–H and O–H groups in total. The highest BCUT2D eigenvalue weighted by Crippen LogP contribution is 2.25. The van der Waals surface area contributed by atoms with Crippen molar-refractivity contribution in [1.29, 1.82) is 0 Å². The number of benzene rings is 1. The number of carbonyl (C=O) groups excluding carboxylic acids is 2. The molecule has 2 amide bonds. The van der Waals surface area contributed by atoms with E-state index in [9.17, 15) is 14.7 Å². The molecule has 126 valence electrons. The van der Waals surface area contributed by atoms with Crippen molar-refractivity contribution in [3.63, 3.8) is 0 Å². The standard InChI is InChI=1S/C16H22N2O5/c1-11-3-4-13(22-2)12(9-11)18-15(20)14(19)17-10-16(21)5-7-23-8-6-16/h3-4,9,21H,5-8,10H2,1-2H3,(H,17,19)(H,18,20). The molecule has 1 aromatic rings. The predicted octanol–water partition coefficient (Wildman–Crippen LogP) is 0.600. The molecule has 0 bridgehead atoms. The Kier molecular flexibility index (Phi) is 5.57. The number of carbonyl (C=O) groups is 2. The third kappa shape index (κ3) is 4.67. The summed E-state index contributed by atoms with van der Waals surface area (Å²) in [5.41, 5.74) is 0.338. The maximum atomic E-state index is 12.0. The molecule has 0 unspecified atom stereocenters. The maximum Gasteiger partial charge on any atom is 0.313 e. The fraction of sp³-hybridized carbons (Fsp3) is 0.500. The van der Waals surface area contributed by atoms with E-state index in [1.54, 1.807) is 12.1 Å². The van der Waals surface area contributed by atoms with Crippen LogP contribution in [0.1, 0.15) is 18.4 Å². The summed E-state index contributed by atoms with van der Waals surface area (Å²) in [7, 11) is 1.49. The smallest absolute Gasteiger partial charge is 0.313 e. The van der Waals surface area contributed by atoms with Gasteiger partial charge < -0.3 is 25.2 Å². The van der Waals surface area contributed by atoms with E-state index in [1.807, 2.05) is 13.0 Å². The highest BCUT2D eigenvalue weighted by molar-refractivity contribution is 6.39. The molecule has 1 heterocycles. The fourth-order valence-electron chi connectivity index (χ4n) is 2.35. The van der Waals surface area contributed by atoms with Crippen molar-refractivity contribution in [3.05, 3.63) is 23.8 Å². The number of nitrogens with one attached hydrogen (secondary N) is 2. The number of anilines is 1. The van der Waals surface area contributed by atoms with Crippen LogP contribution in [-0.4, -0.2) is 49.4 Å². The van der Waals surface area contributed by atoms with Gasteiger partial charge >= 0.3 is 11.8 Å². The molecule has 2 rings (SSSR count). The molecule has 7 heteroatoms. The average Bonchev–Trinajstić information content (AvgIpc) is 2.53. The largest absolute Gasteiger partial charge is 0.495 e. The van der Waals surface area contributed by atoms with Gasteiger partial charge in [0.05, 0.1) is 18.4 Å². The van der Waals surface area contributed by atoms with Crippen molar-refractivity contribution in [3.8, 4) is 5.75 Å². The summed E-state index contributed by atoms with van der Waals surface area (Å²) in [5, 5.41) is 15.3. The van der Waals surface area contributed by atoms with Gasteiger partial charge in [-0.25, -0.2) is 0 Å². The van der Waals surface area contributed by atoms with Gasteiger partial charge in [0, 0.05) is 32.6 Å². The van der Waals surface area contributed by atoms with Crippen LogP contribution >= 0.6 is 0 Å². The Bertz CT molecular complexity index is 582. The first-order valence-electron chi connectivity index (χ1n) is 7.47. The summed E-state index contributed by atoms with van der Waals surface area (Å²) in [6, 6.07) is 5.28. The molecule has 1 aliphatic heterocycles. The lowest BCUT2D eigenvalue weighted by atomic mass is 9.94. The zero-order chi connectivity index (χ0) is 16.9. The summed E-state index contributed by atoms with van der Waals surface area (Å²) in [4.78, 5) is 23.9. The van der Waals surface area contributed by atoms with Gasteiger partial charge in [0.1, 0.15) is 5.75 Å². The third-order valence-electron chi connectivity index (χ3n) is 3.81. The highest BCUT2D eigenvalue weighted by Gasteiger charge is 2.31. The molecule has 0 aromatic heterocycles. The zero-order valence-electron chi connectivity index (χ0n) is 13.3. The molecule has 1 fully saturated rings. The second-order valence-corrected chi connectivity index (χ2v) is 5.68. The Morgan fingerprint density at radius 1 is 1.30 bits per heavy atom.